The van der Waals surface area contributed by atoms with Gasteiger partial charge in [-0.2, -0.15) is 4.52 Å². The van der Waals surface area contributed by atoms with Gasteiger partial charge in [-0.1, -0.05) is 27.7 Å². The molecule has 0 radical (unpaired) electrons. The van der Waals surface area contributed by atoms with Gasteiger partial charge in [0.25, 0.3) is 0 Å². The van der Waals surface area contributed by atoms with E-state index in [0.29, 0.717) is 18.2 Å². The van der Waals surface area contributed by atoms with Gasteiger partial charge in [0.2, 0.25) is 5.65 Å². The van der Waals surface area contributed by atoms with Crippen LogP contribution in [-0.2, 0) is 6.54 Å². The molecule has 0 unspecified atom stereocenters. The van der Waals surface area contributed by atoms with Crippen LogP contribution in [0.5, 0.6) is 0 Å². The molecule has 8 nitrogen and oxygen atoms in total. The number of hydrogen-bond acceptors (Lipinski definition) is 7. The van der Waals surface area contributed by atoms with Gasteiger partial charge < -0.3 is 10.6 Å². The van der Waals surface area contributed by atoms with Crippen molar-refractivity contribution in [1.29, 1.82) is 0 Å². The van der Waals surface area contributed by atoms with Crippen molar-refractivity contribution >= 4 is 17.2 Å². The zero-order valence-corrected chi connectivity index (χ0v) is 15.8. The minimum atomic E-state index is 0.228. The zero-order chi connectivity index (χ0) is 18.5. The van der Waals surface area contributed by atoms with E-state index in [1.54, 1.807) is 18.5 Å². The molecule has 138 valence electrons. The van der Waals surface area contributed by atoms with Gasteiger partial charge in [-0.15, -0.1) is 15.3 Å². The first kappa shape index (κ1) is 18.0. The largest absolute Gasteiger partial charge is 0.375 e. The molecule has 0 amide bonds. The molecule has 0 atom stereocenters. The molecule has 26 heavy (non-hydrogen) atoms. The highest BCUT2D eigenvalue weighted by Crippen LogP contribution is 2.23. The van der Waals surface area contributed by atoms with Gasteiger partial charge in [-0.25, -0.2) is 9.97 Å². The second-order valence-corrected chi connectivity index (χ2v) is 6.57. The third kappa shape index (κ3) is 3.89. The standard InChI is InChI=1S/C18H26N8/c1-5-13(6-2)22-15-10-14(21-11-16-19-8-7-9-20-16)18-24-23-17(12(3)4)26(18)25-15/h7-10,12-13,21H,5-6,11H2,1-4H3,(H,22,25). The van der Waals surface area contributed by atoms with Crippen LogP contribution in [0, 0.1) is 0 Å². The molecule has 0 spiro atoms. The van der Waals surface area contributed by atoms with E-state index >= 15 is 0 Å². The quantitative estimate of drug-likeness (QED) is 0.641. The predicted octanol–water partition coefficient (Wildman–Crippen LogP) is 3.25. The van der Waals surface area contributed by atoms with E-state index in [9.17, 15) is 0 Å². The summed E-state index contributed by atoms with van der Waals surface area (Å²) in [6.45, 7) is 9.02. The molecular formula is C18H26N8. The average Bonchev–Trinajstić information content (AvgIpc) is 3.09. The van der Waals surface area contributed by atoms with Crippen molar-refractivity contribution in [3.8, 4) is 0 Å². The Labute approximate surface area is 153 Å². The summed E-state index contributed by atoms with van der Waals surface area (Å²) in [7, 11) is 0. The first-order chi connectivity index (χ1) is 12.6. The molecule has 3 aromatic heterocycles. The fraction of sp³-hybridized carbons (Fsp3) is 0.500. The summed E-state index contributed by atoms with van der Waals surface area (Å²) < 4.78 is 1.82. The fourth-order valence-electron chi connectivity index (χ4n) is 2.75. The molecule has 0 aliphatic rings. The van der Waals surface area contributed by atoms with Crippen molar-refractivity contribution in [2.75, 3.05) is 10.6 Å². The summed E-state index contributed by atoms with van der Waals surface area (Å²) in [5.74, 6) is 2.60. The van der Waals surface area contributed by atoms with E-state index in [0.717, 1.165) is 36.0 Å². The highest BCUT2D eigenvalue weighted by atomic mass is 15.4. The molecule has 8 heteroatoms. The summed E-state index contributed by atoms with van der Waals surface area (Å²) in [5.41, 5.74) is 1.57. The lowest BCUT2D eigenvalue weighted by molar-refractivity contribution is 0.661. The Morgan fingerprint density at radius 3 is 2.46 bits per heavy atom. The van der Waals surface area contributed by atoms with Gasteiger partial charge in [0, 0.05) is 30.4 Å². The second-order valence-electron chi connectivity index (χ2n) is 6.57. The van der Waals surface area contributed by atoms with Crippen molar-refractivity contribution < 1.29 is 0 Å². The highest BCUT2D eigenvalue weighted by molar-refractivity contribution is 5.70. The lowest BCUT2D eigenvalue weighted by atomic mass is 10.2. The molecule has 0 saturated heterocycles. The third-order valence-electron chi connectivity index (χ3n) is 4.30. The molecule has 3 heterocycles. The molecule has 0 aromatic carbocycles. The Morgan fingerprint density at radius 1 is 1.08 bits per heavy atom. The highest BCUT2D eigenvalue weighted by Gasteiger charge is 2.16. The second kappa shape index (κ2) is 8.07. The number of fused-ring (bicyclic) bond motifs is 1. The first-order valence-corrected chi connectivity index (χ1v) is 9.15. The van der Waals surface area contributed by atoms with Gasteiger partial charge >= 0.3 is 0 Å². The van der Waals surface area contributed by atoms with Crippen LogP contribution in [0.25, 0.3) is 5.65 Å². The third-order valence-corrected chi connectivity index (χ3v) is 4.30. The molecule has 0 bridgehead atoms. The molecule has 2 N–H and O–H groups in total. The van der Waals surface area contributed by atoms with E-state index in [-0.39, 0.29) is 5.92 Å². The van der Waals surface area contributed by atoms with E-state index in [1.165, 1.54) is 0 Å². The molecular weight excluding hydrogens is 328 g/mol. The van der Waals surface area contributed by atoms with Crippen LogP contribution >= 0.6 is 0 Å². The zero-order valence-electron chi connectivity index (χ0n) is 15.8. The molecule has 0 saturated carbocycles. The molecule has 0 aliphatic carbocycles. The van der Waals surface area contributed by atoms with Gasteiger partial charge in [-0.3, -0.25) is 0 Å². The van der Waals surface area contributed by atoms with Crippen LogP contribution in [0.3, 0.4) is 0 Å². The van der Waals surface area contributed by atoms with Crippen LogP contribution in [0.4, 0.5) is 11.5 Å². The summed E-state index contributed by atoms with van der Waals surface area (Å²) in [6.07, 6.45) is 5.55. The van der Waals surface area contributed by atoms with Crippen LogP contribution in [0.15, 0.2) is 24.5 Å². The van der Waals surface area contributed by atoms with E-state index in [4.69, 9.17) is 5.10 Å². The number of anilines is 2. The number of nitrogens with zero attached hydrogens (tertiary/aromatic N) is 6. The van der Waals surface area contributed by atoms with Gasteiger partial charge in [-0.05, 0) is 18.9 Å². The van der Waals surface area contributed by atoms with Crippen LogP contribution in [0.1, 0.15) is 58.1 Å². The maximum absolute atomic E-state index is 4.72. The maximum Gasteiger partial charge on any atom is 0.201 e. The van der Waals surface area contributed by atoms with Crippen molar-refractivity contribution in [2.45, 2.75) is 59.0 Å². The van der Waals surface area contributed by atoms with Gasteiger partial charge in [0.15, 0.2) is 5.82 Å². The Balaban J connectivity index is 1.96. The number of nitrogens with one attached hydrogen (secondary N) is 2. The monoisotopic (exact) mass is 354 g/mol. The summed E-state index contributed by atoms with van der Waals surface area (Å²) in [4.78, 5) is 8.51. The predicted molar refractivity (Wildman–Crippen MR) is 102 cm³/mol. The molecule has 3 rings (SSSR count). The Bertz CT molecular complexity index is 839. The lowest BCUT2D eigenvalue weighted by Gasteiger charge is -2.17. The van der Waals surface area contributed by atoms with Crippen LogP contribution in [0.2, 0.25) is 0 Å². The minimum absolute atomic E-state index is 0.228. The number of hydrogen-bond donors (Lipinski definition) is 2. The molecule has 3 aromatic rings. The van der Waals surface area contributed by atoms with Gasteiger partial charge in [0.1, 0.15) is 11.6 Å². The fourth-order valence-corrected chi connectivity index (χ4v) is 2.75. The summed E-state index contributed by atoms with van der Waals surface area (Å²) >= 11 is 0. The smallest absolute Gasteiger partial charge is 0.201 e. The van der Waals surface area contributed by atoms with Crippen LogP contribution < -0.4 is 10.6 Å². The molecule has 0 fully saturated rings. The minimum Gasteiger partial charge on any atom is -0.375 e. The van der Waals surface area contributed by atoms with E-state index in [1.807, 2.05) is 10.6 Å². The van der Waals surface area contributed by atoms with E-state index in [2.05, 4.69) is 58.5 Å². The molecule has 0 aliphatic heterocycles. The number of rotatable bonds is 8. The Hall–Kier alpha value is -2.77. The average molecular weight is 354 g/mol. The van der Waals surface area contributed by atoms with Gasteiger partial charge in [0.05, 0.1) is 12.2 Å². The topological polar surface area (TPSA) is 92.9 Å². The maximum atomic E-state index is 4.72. The summed E-state index contributed by atoms with van der Waals surface area (Å²) in [5, 5.41) is 20.3. The van der Waals surface area contributed by atoms with Crippen molar-refractivity contribution in [3.05, 3.63) is 36.2 Å². The van der Waals surface area contributed by atoms with Crippen molar-refractivity contribution in [2.24, 2.45) is 0 Å². The van der Waals surface area contributed by atoms with E-state index < -0.39 is 0 Å². The number of aromatic nitrogens is 6. The SMILES string of the molecule is CCC(CC)Nc1cc(NCc2ncccn2)c2nnc(C(C)C)n2n1. The van der Waals surface area contributed by atoms with Crippen molar-refractivity contribution in [1.82, 2.24) is 29.8 Å². The van der Waals surface area contributed by atoms with Crippen molar-refractivity contribution in [3.63, 3.8) is 0 Å². The van der Waals surface area contributed by atoms with Crippen LogP contribution in [-0.4, -0.2) is 35.8 Å². The summed E-state index contributed by atoms with van der Waals surface area (Å²) in [6, 6.07) is 4.17. The first-order valence-electron chi connectivity index (χ1n) is 9.15. The Morgan fingerprint density at radius 2 is 1.81 bits per heavy atom. The lowest BCUT2D eigenvalue weighted by Crippen LogP contribution is -2.19. The Kier molecular flexibility index (Phi) is 5.60. The normalized spacial score (nSPS) is 11.5.